The van der Waals surface area contributed by atoms with Crippen LogP contribution in [0.15, 0.2) is 0 Å². The summed E-state index contributed by atoms with van der Waals surface area (Å²) in [6.07, 6.45) is 8.07. The molecule has 0 fully saturated rings. The zero-order valence-electron chi connectivity index (χ0n) is 12.2. The normalized spacial score (nSPS) is 11.3. The maximum Gasteiger partial charge on any atom is 0.235 e. The Hall–Kier alpha value is -1.05. The molecule has 0 saturated carbocycles. The van der Waals surface area contributed by atoms with Crippen molar-refractivity contribution < 1.29 is 4.79 Å². The van der Waals surface area contributed by atoms with Crippen molar-refractivity contribution in [2.75, 3.05) is 33.7 Å². The van der Waals surface area contributed by atoms with Gasteiger partial charge in [-0.2, -0.15) is 0 Å². The highest BCUT2D eigenvalue weighted by molar-refractivity contribution is 5.79. The fourth-order valence-electron chi connectivity index (χ4n) is 1.82. The Labute approximate surface area is 112 Å². The second-order valence-corrected chi connectivity index (χ2v) is 4.68. The molecule has 104 valence electrons. The quantitative estimate of drug-likeness (QED) is 0.473. The van der Waals surface area contributed by atoms with Crippen LogP contribution < -0.4 is 10.6 Å². The predicted molar refractivity (Wildman–Crippen MR) is 76.3 cm³/mol. The third-order valence-corrected chi connectivity index (χ3v) is 3.24. The van der Waals surface area contributed by atoms with Gasteiger partial charge in [0.1, 0.15) is 5.54 Å². The smallest absolute Gasteiger partial charge is 0.235 e. The Morgan fingerprint density at radius 3 is 2.44 bits per heavy atom. The van der Waals surface area contributed by atoms with Crippen molar-refractivity contribution in [2.24, 2.45) is 0 Å². The van der Waals surface area contributed by atoms with Crippen LogP contribution in [0.1, 0.15) is 33.1 Å². The molecule has 0 radical (unpaired) electrons. The lowest BCUT2D eigenvalue weighted by Gasteiger charge is -2.28. The van der Waals surface area contributed by atoms with Crippen LogP contribution in [0.25, 0.3) is 0 Å². The number of rotatable bonds is 9. The summed E-state index contributed by atoms with van der Waals surface area (Å²) in [7, 11) is 3.88. The van der Waals surface area contributed by atoms with Crippen molar-refractivity contribution in [1.82, 2.24) is 15.5 Å². The molecule has 2 N–H and O–H groups in total. The van der Waals surface area contributed by atoms with Gasteiger partial charge in [-0.15, -0.1) is 6.42 Å². The monoisotopic (exact) mass is 253 g/mol. The summed E-state index contributed by atoms with van der Waals surface area (Å²) in [5, 5.41) is 6.06. The highest BCUT2D eigenvalue weighted by atomic mass is 16.2. The average Bonchev–Trinajstić information content (AvgIpc) is 2.36. The minimum absolute atomic E-state index is 0.00334. The van der Waals surface area contributed by atoms with Gasteiger partial charge in [0.2, 0.25) is 5.91 Å². The van der Waals surface area contributed by atoms with E-state index in [1.54, 1.807) is 0 Å². The molecule has 0 bridgehead atoms. The van der Waals surface area contributed by atoms with E-state index in [1.165, 1.54) is 0 Å². The molecule has 18 heavy (non-hydrogen) atoms. The van der Waals surface area contributed by atoms with Crippen molar-refractivity contribution in [3.05, 3.63) is 0 Å². The number of hydrogen-bond acceptors (Lipinski definition) is 3. The van der Waals surface area contributed by atoms with Crippen LogP contribution in [-0.2, 0) is 4.79 Å². The summed E-state index contributed by atoms with van der Waals surface area (Å²) < 4.78 is 0. The maximum absolute atomic E-state index is 11.9. The highest BCUT2D eigenvalue weighted by Crippen LogP contribution is 2.13. The minimum Gasteiger partial charge on any atom is -0.339 e. The second-order valence-electron chi connectivity index (χ2n) is 4.68. The number of terminal acetylenes is 1. The van der Waals surface area contributed by atoms with Crippen LogP contribution in [0.4, 0.5) is 0 Å². The number of nitrogens with zero attached hydrogens (tertiary/aromatic N) is 1. The van der Waals surface area contributed by atoms with E-state index < -0.39 is 5.54 Å². The zero-order valence-corrected chi connectivity index (χ0v) is 12.2. The SMILES string of the molecule is C#CC(CC)(CC)NC(=O)CN(C)CCCNC. The molecular formula is C14H27N3O. The fourth-order valence-corrected chi connectivity index (χ4v) is 1.82. The van der Waals surface area contributed by atoms with Crippen LogP contribution in [0.5, 0.6) is 0 Å². The van der Waals surface area contributed by atoms with Crippen LogP contribution >= 0.6 is 0 Å². The van der Waals surface area contributed by atoms with Crippen LogP contribution in [-0.4, -0.2) is 50.1 Å². The van der Waals surface area contributed by atoms with Crippen molar-refractivity contribution in [3.63, 3.8) is 0 Å². The van der Waals surface area contributed by atoms with Crippen molar-refractivity contribution in [1.29, 1.82) is 0 Å². The van der Waals surface area contributed by atoms with Crippen LogP contribution in [0.3, 0.4) is 0 Å². The number of carbonyl (C=O) groups excluding carboxylic acids is 1. The Kier molecular flexibility index (Phi) is 8.43. The van der Waals surface area contributed by atoms with Gasteiger partial charge in [0.25, 0.3) is 0 Å². The van der Waals surface area contributed by atoms with Gasteiger partial charge < -0.3 is 10.6 Å². The lowest BCUT2D eigenvalue weighted by Crippen LogP contribution is -2.49. The Bertz CT molecular complexity index is 279. The molecule has 0 saturated heterocycles. The molecule has 0 aliphatic heterocycles. The molecule has 0 aromatic carbocycles. The van der Waals surface area contributed by atoms with E-state index in [2.05, 4.69) is 16.6 Å². The third-order valence-electron chi connectivity index (χ3n) is 3.24. The van der Waals surface area contributed by atoms with E-state index in [1.807, 2.05) is 32.8 Å². The third kappa shape index (κ3) is 6.04. The summed E-state index contributed by atoms with van der Waals surface area (Å²) in [4.78, 5) is 13.9. The van der Waals surface area contributed by atoms with E-state index in [0.717, 1.165) is 32.4 Å². The lowest BCUT2D eigenvalue weighted by molar-refractivity contribution is -0.123. The van der Waals surface area contributed by atoms with E-state index >= 15 is 0 Å². The summed E-state index contributed by atoms with van der Waals surface area (Å²) in [6, 6.07) is 0. The van der Waals surface area contributed by atoms with E-state index in [0.29, 0.717) is 6.54 Å². The van der Waals surface area contributed by atoms with Gasteiger partial charge >= 0.3 is 0 Å². The number of carbonyl (C=O) groups is 1. The minimum atomic E-state index is -0.483. The molecule has 4 heteroatoms. The molecule has 0 atom stereocenters. The van der Waals surface area contributed by atoms with Gasteiger partial charge in [0, 0.05) is 0 Å². The topological polar surface area (TPSA) is 44.4 Å². The van der Waals surface area contributed by atoms with Gasteiger partial charge in [-0.1, -0.05) is 19.8 Å². The van der Waals surface area contributed by atoms with Gasteiger partial charge in [0.15, 0.2) is 0 Å². The first kappa shape index (κ1) is 16.9. The summed E-state index contributed by atoms with van der Waals surface area (Å²) in [6.45, 7) is 6.26. The summed E-state index contributed by atoms with van der Waals surface area (Å²) >= 11 is 0. The molecule has 0 unspecified atom stereocenters. The lowest BCUT2D eigenvalue weighted by atomic mass is 9.94. The first-order valence-corrected chi connectivity index (χ1v) is 6.65. The summed E-state index contributed by atoms with van der Waals surface area (Å²) in [5.74, 6) is 2.71. The summed E-state index contributed by atoms with van der Waals surface area (Å²) in [5.41, 5.74) is -0.483. The first-order chi connectivity index (χ1) is 8.53. The van der Waals surface area contributed by atoms with E-state index in [9.17, 15) is 4.79 Å². The Morgan fingerprint density at radius 2 is 2.00 bits per heavy atom. The molecule has 0 rings (SSSR count). The van der Waals surface area contributed by atoms with Crippen LogP contribution in [0.2, 0.25) is 0 Å². The first-order valence-electron chi connectivity index (χ1n) is 6.65. The molecule has 0 aromatic heterocycles. The number of nitrogens with one attached hydrogen (secondary N) is 2. The van der Waals surface area contributed by atoms with Crippen molar-refractivity contribution in [3.8, 4) is 12.3 Å². The molecule has 0 aliphatic rings. The zero-order chi connectivity index (χ0) is 14.0. The van der Waals surface area contributed by atoms with Crippen molar-refractivity contribution >= 4 is 5.91 Å². The molecule has 0 spiro atoms. The van der Waals surface area contributed by atoms with Gasteiger partial charge in [-0.05, 0) is 46.4 Å². The maximum atomic E-state index is 11.9. The number of hydrogen-bond donors (Lipinski definition) is 2. The predicted octanol–water partition coefficient (Wildman–Crippen LogP) is 0.836. The van der Waals surface area contributed by atoms with Crippen molar-refractivity contribution in [2.45, 2.75) is 38.6 Å². The van der Waals surface area contributed by atoms with Gasteiger partial charge in [0.05, 0.1) is 6.54 Å². The van der Waals surface area contributed by atoms with Gasteiger partial charge in [-0.3, -0.25) is 9.69 Å². The largest absolute Gasteiger partial charge is 0.339 e. The van der Waals surface area contributed by atoms with E-state index in [4.69, 9.17) is 6.42 Å². The second kappa shape index (κ2) is 8.96. The number of amides is 1. The molecular weight excluding hydrogens is 226 g/mol. The van der Waals surface area contributed by atoms with E-state index in [-0.39, 0.29) is 5.91 Å². The Morgan fingerprint density at radius 1 is 1.39 bits per heavy atom. The van der Waals surface area contributed by atoms with Crippen LogP contribution in [0, 0.1) is 12.3 Å². The molecule has 0 heterocycles. The highest BCUT2D eigenvalue weighted by Gasteiger charge is 2.25. The van der Waals surface area contributed by atoms with Gasteiger partial charge in [-0.25, -0.2) is 0 Å². The molecule has 1 amide bonds. The molecule has 0 aliphatic carbocycles. The standard InChI is InChI=1S/C14H27N3O/c1-6-14(7-2,8-3)16-13(18)12-17(5)11-9-10-15-4/h1,15H,7-12H2,2-5H3,(H,16,18). The fraction of sp³-hybridized carbons (Fsp3) is 0.786. The Balaban J connectivity index is 4.13. The number of likely N-dealkylation sites (N-methyl/N-ethyl adjacent to an activating group) is 1. The average molecular weight is 253 g/mol. The molecule has 0 aromatic rings. The molecule has 4 nitrogen and oxygen atoms in total.